The maximum Gasteiger partial charge on any atom is 0.193 e. The molecule has 0 aliphatic heterocycles. The molecule has 0 atom stereocenters. The lowest BCUT2D eigenvalue weighted by atomic mass is 10.2. The first kappa shape index (κ1) is 16.8. The number of hydrogen-bond acceptors (Lipinski definition) is 3. The van der Waals surface area contributed by atoms with Gasteiger partial charge >= 0.3 is 0 Å². The Bertz CT molecular complexity index is 656. The SMILES string of the molecule is CCOc1cccc(CN=C(N)Nc2ccccc2COC)c1. The molecule has 0 aromatic heterocycles. The number of anilines is 1. The second-order valence-electron chi connectivity index (χ2n) is 5.00. The van der Waals surface area contributed by atoms with Crippen molar-refractivity contribution >= 4 is 11.6 Å². The molecule has 0 spiro atoms. The summed E-state index contributed by atoms with van der Waals surface area (Å²) < 4.78 is 10.7. The fraction of sp³-hybridized carbons (Fsp3) is 0.278. The molecule has 2 rings (SSSR count). The van der Waals surface area contributed by atoms with E-state index in [1.807, 2.05) is 55.5 Å². The molecule has 0 unspecified atom stereocenters. The van der Waals surface area contributed by atoms with Gasteiger partial charge in [-0.1, -0.05) is 30.3 Å². The van der Waals surface area contributed by atoms with E-state index in [0.29, 0.717) is 25.7 Å². The molecule has 0 fully saturated rings. The zero-order valence-corrected chi connectivity index (χ0v) is 13.6. The van der Waals surface area contributed by atoms with Gasteiger partial charge in [-0.05, 0) is 30.7 Å². The predicted molar refractivity (Wildman–Crippen MR) is 93.7 cm³/mol. The molecule has 0 saturated heterocycles. The Hall–Kier alpha value is -2.53. The van der Waals surface area contributed by atoms with Crippen LogP contribution in [0.4, 0.5) is 5.69 Å². The van der Waals surface area contributed by atoms with Crippen LogP contribution in [-0.2, 0) is 17.9 Å². The molecule has 0 bridgehead atoms. The minimum Gasteiger partial charge on any atom is -0.494 e. The number of nitrogens with two attached hydrogens (primary N) is 1. The van der Waals surface area contributed by atoms with Crippen LogP contribution < -0.4 is 15.8 Å². The number of rotatable bonds is 7. The zero-order valence-electron chi connectivity index (χ0n) is 13.6. The third-order valence-corrected chi connectivity index (χ3v) is 3.22. The molecule has 0 aliphatic carbocycles. The Morgan fingerprint density at radius 1 is 1.17 bits per heavy atom. The summed E-state index contributed by atoms with van der Waals surface area (Å²) in [5, 5.41) is 3.12. The van der Waals surface area contributed by atoms with Crippen LogP contribution in [0.3, 0.4) is 0 Å². The van der Waals surface area contributed by atoms with Crippen LogP contribution in [0.15, 0.2) is 53.5 Å². The Morgan fingerprint density at radius 3 is 2.78 bits per heavy atom. The van der Waals surface area contributed by atoms with Crippen LogP contribution in [0.1, 0.15) is 18.1 Å². The smallest absolute Gasteiger partial charge is 0.193 e. The molecule has 5 heteroatoms. The van der Waals surface area contributed by atoms with Crippen LogP contribution in [0.5, 0.6) is 5.75 Å². The predicted octanol–water partition coefficient (Wildman–Crippen LogP) is 3.16. The molecule has 0 amide bonds. The van der Waals surface area contributed by atoms with Crippen LogP contribution in [-0.4, -0.2) is 19.7 Å². The third-order valence-electron chi connectivity index (χ3n) is 3.22. The molecule has 0 saturated carbocycles. The van der Waals surface area contributed by atoms with E-state index in [4.69, 9.17) is 15.2 Å². The van der Waals surface area contributed by atoms with Crippen LogP contribution in [0, 0.1) is 0 Å². The van der Waals surface area contributed by atoms with Crippen molar-refractivity contribution in [3.05, 3.63) is 59.7 Å². The molecule has 3 N–H and O–H groups in total. The quantitative estimate of drug-likeness (QED) is 0.608. The Labute approximate surface area is 137 Å². The van der Waals surface area contributed by atoms with E-state index in [0.717, 1.165) is 22.6 Å². The van der Waals surface area contributed by atoms with Gasteiger partial charge in [-0.3, -0.25) is 0 Å². The average molecular weight is 313 g/mol. The molecule has 2 aromatic rings. The lowest BCUT2D eigenvalue weighted by Crippen LogP contribution is -2.23. The molecule has 0 radical (unpaired) electrons. The van der Waals surface area contributed by atoms with E-state index >= 15 is 0 Å². The summed E-state index contributed by atoms with van der Waals surface area (Å²) in [6, 6.07) is 15.7. The lowest BCUT2D eigenvalue weighted by Gasteiger charge is -2.11. The second kappa shape index (κ2) is 8.80. The van der Waals surface area contributed by atoms with Gasteiger partial charge in [0.05, 0.1) is 19.8 Å². The number of ether oxygens (including phenoxy) is 2. The largest absolute Gasteiger partial charge is 0.494 e. The normalized spacial score (nSPS) is 11.3. The van der Waals surface area contributed by atoms with Crippen molar-refractivity contribution in [2.24, 2.45) is 10.7 Å². The highest BCUT2D eigenvalue weighted by Gasteiger charge is 2.02. The molecule has 122 valence electrons. The molecule has 0 aliphatic rings. The summed E-state index contributed by atoms with van der Waals surface area (Å²) in [7, 11) is 1.67. The van der Waals surface area contributed by atoms with Gasteiger partial charge in [0, 0.05) is 18.4 Å². The highest BCUT2D eigenvalue weighted by atomic mass is 16.5. The van der Waals surface area contributed by atoms with Gasteiger partial charge in [-0.15, -0.1) is 0 Å². The topological polar surface area (TPSA) is 68.9 Å². The Kier molecular flexibility index (Phi) is 6.44. The van der Waals surface area contributed by atoms with E-state index in [1.54, 1.807) is 7.11 Å². The first-order chi connectivity index (χ1) is 11.2. The summed E-state index contributed by atoms with van der Waals surface area (Å²) in [6.45, 7) is 3.62. The first-order valence-electron chi connectivity index (χ1n) is 7.58. The van der Waals surface area contributed by atoms with Crippen molar-refractivity contribution < 1.29 is 9.47 Å². The summed E-state index contributed by atoms with van der Waals surface area (Å²) in [4.78, 5) is 4.38. The number of methoxy groups -OCH3 is 1. The van der Waals surface area contributed by atoms with Gasteiger partial charge in [0.2, 0.25) is 0 Å². The molecular formula is C18H23N3O2. The zero-order chi connectivity index (χ0) is 16.5. The molecule has 2 aromatic carbocycles. The van der Waals surface area contributed by atoms with E-state index in [1.165, 1.54) is 0 Å². The van der Waals surface area contributed by atoms with E-state index in [2.05, 4.69) is 10.3 Å². The maximum absolute atomic E-state index is 5.98. The number of nitrogens with zero attached hydrogens (tertiary/aromatic N) is 1. The van der Waals surface area contributed by atoms with Gasteiger partial charge in [-0.25, -0.2) is 4.99 Å². The number of nitrogens with one attached hydrogen (secondary N) is 1. The van der Waals surface area contributed by atoms with Gasteiger partial charge < -0.3 is 20.5 Å². The standard InChI is InChI=1S/C18H23N3O2/c1-3-23-16-9-6-7-14(11-16)12-20-18(19)21-17-10-5-4-8-15(17)13-22-2/h4-11H,3,12-13H2,1-2H3,(H3,19,20,21). The van der Waals surface area contributed by atoms with E-state index < -0.39 is 0 Å². The number of benzene rings is 2. The lowest BCUT2D eigenvalue weighted by molar-refractivity contribution is 0.185. The number of guanidine groups is 1. The van der Waals surface area contributed by atoms with Gasteiger partial charge in [0.15, 0.2) is 5.96 Å². The number of aliphatic imine (C=N–C) groups is 1. The number of hydrogen-bond donors (Lipinski definition) is 2. The summed E-state index contributed by atoms with van der Waals surface area (Å²) >= 11 is 0. The number of para-hydroxylation sites is 1. The van der Waals surface area contributed by atoms with Crippen molar-refractivity contribution in [3.8, 4) is 5.75 Å². The monoisotopic (exact) mass is 313 g/mol. The summed E-state index contributed by atoms with van der Waals surface area (Å²) in [5.41, 5.74) is 8.96. The average Bonchev–Trinajstić information content (AvgIpc) is 2.56. The summed E-state index contributed by atoms with van der Waals surface area (Å²) in [5.74, 6) is 1.22. The highest BCUT2D eigenvalue weighted by Crippen LogP contribution is 2.16. The Balaban J connectivity index is 2.02. The van der Waals surface area contributed by atoms with Crippen molar-refractivity contribution in [1.82, 2.24) is 0 Å². The molecule has 23 heavy (non-hydrogen) atoms. The maximum atomic E-state index is 5.98. The molecule has 5 nitrogen and oxygen atoms in total. The third kappa shape index (κ3) is 5.30. The Morgan fingerprint density at radius 2 is 2.00 bits per heavy atom. The van der Waals surface area contributed by atoms with Crippen LogP contribution in [0.25, 0.3) is 0 Å². The minimum atomic E-state index is 0.371. The fourth-order valence-electron chi connectivity index (χ4n) is 2.18. The van der Waals surface area contributed by atoms with Crippen molar-refractivity contribution in [2.45, 2.75) is 20.1 Å². The second-order valence-corrected chi connectivity index (χ2v) is 5.00. The fourth-order valence-corrected chi connectivity index (χ4v) is 2.18. The first-order valence-corrected chi connectivity index (χ1v) is 7.58. The van der Waals surface area contributed by atoms with E-state index in [-0.39, 0.29) is 0 Å². The van der Waals surface area contributed by atoms with Crippen LogP contribution >= 0.6 is 0 Å². The molecule has 0 heterocycles. The summed E-state index contributed by atoms with van der Waals surface area (Å²) in [6.07, 6.45) is 0. The van der Waals surface area contributed by atoms with E-state index in [9.17, 15) is 0 Å². The minimum absolute atomic E-state index is 0.371. The molecular weight excluding hydrogens is 290 g/mol. The van der Waals surface area contributed by atoms with Crippen molar-refractivity contribution in [1.29, 1.82) is 0 Å². The van der Waals surface area contributed by atoms with Gasteiger partial charge in [-0.2, -0.15) is 0 Å². The van der Waals surface area contributed by atoms with Crippen LogP contribution in [0.2, 0.25) is 0 Å². The van der Waals surface area contributed by atoms with Gasteiger partial charge in [0.1, 0.15) is 5.75 Å². The highest BCUT2D eigenvalue weighted by molar-refractivity contribution is 5.92. The van der Waals surface area contributed by atoms with Crippen molar-refractivity contribution in [3.63, 3.8) is 0 Å². The van der Waals surface area contributed by atoms with Gasteiger partial charge in [0.25, 0.3) is 0 Å². The van der Waals surface area contributed by atoms with Crippen molar-refractivity contribution in [2.75, 3.05) is 19.0 Å².